The van der Waals surface area contributed by atoms with Gasteiger partial charge in [-0.05, 0) is 6.07 Å². The maximum absolute atomic E-state index is 13.0. The zero-order chi connectivity index (χ0) is 15.8. The SMILES string of the molecule is COC1=Nc2ccc([N+](=O)[O-])cc2NC(O)(C(F)(F)F)C1. The first-order valence-electron chi connectivity index (χ1n) is 5.63. The summed E-state index contributed by atoms with van der Waals surface area (Å²) in [7, 11) is 1.12. The van der Waals surface area contributed by atoms with Gasteiger partial charge in [0.25, 0.3) is 5.69 Å². The minimum Gasteiger partial charge on any atom is -0.484 e. The van der Waals surface area contributed by atoms with Crippen LogP contribution in [0.5, 0.6) is 0 Å². The summed E-state index contributed by atoms with van der Waals surface area (Å²) >= 11 is 0. The van der Waals surface area contributed by atoms with E-state index in [4.69, 9.17) is 4.74 Å². The third-order valence-corrected chi connectivity index (χ3v) is 2.89. The first kappa shape index (κ1) is 15.0. The molecule has 1 aliphatic rings. The molecule has 0 fully saturated rings. The van der Waals surface area contributed by atoms with E-state index in [0.29, 0.717) is 0 Å². The van der Waals surface area contributed by atoms with Crippen molar-refractivity contribution in [3.05, 3.63) is 28.3 Å². The molecule has 7 nitrogen and oxygen atoms in total. The topological polar surface area (TPSA) is 97.0 Å². The van der Waals surface area contributed by atoms with Crippen LogP contribution in [0, 0.1) is 10.1 Å². The highest BCUT2D eigenvalue weighted by atomic mass is 19.4. The number of benzene rings is 1. The number of nitro groups is 1. The summed E-state index contributed by atoms with van der Waals surface area (Å²) in [5.41, 5.74) is -4.07. The Hall–Kier alpha value is -2.36. The summed E-state index contributed by atoms with van der Waals surface area (Å²) in [6, 6.07) is 3.13. The molecule has 1 aromatic carbocycles. The molecular weight excluding hydrogens is 295 g/mol. The Bertz CT molecular complexity index is 617. The highest BCUT2D eigenvalue weighted by Crippen LogP contribution is 2.41. The third-order valence-electron chi connectivity index (χ3n) is 2.89. The van der Waals surface area contributed by atoms with Crippen molar-refractivity contribution < 1.29 is 27.9 Å². The number of nitro benzene ring substituents is 1. The largest absolute Gasteiger partial charge is 0.484 e. The molecule has 0 amide bonds. The number of hydrogen-bond donors (Lipinski definition) is 2. The van der Waals surface area contributed by atoms with E-state index in [1.54, 1.807) is 0 Å². The molecule has 114 valence electrons. The number of ether oxygens (including phenoxy) is 1. The molecule has 2 rings (SSSR count). The number of hydrogen-bond acceptors (Lipinski definition) is 6. The van der Waals surface area contributed by atoms with Gasteiger partial charge in [0.2, 0.25) is 5.72 Å². The Labute approximate surface area is 116 Å². The van der Waals surface area contributed by atoms with E-state index in [9.17, 15) is 28.4 Å². The minimum atomic E-state index is -5.03. The van der Waals surface area contributed by atoms with Crippen LogP contribution in [0.1, 0.15) is 6.42 Å². The maximum atomic E-state index is 13.0. The zero-order valence-corrected chi connectivity index (χ0v) is 10.6. The van der Waals surface area contributed by atoms with Crippen LogP contribution >= 0.6 is 0 Å². The van der Waals surface area contributed by atoms with Gasteiger partial charge in [-0.2, -0.15) is 13.2 Å². The highest BCUT2D eigenvalue weighted by Gasteiger charge is 2.56. The first-order chi connectivity index (χ1) is 9.66. The van der Waals surface area contributed by atoms with E-state index in [-0.39, 0.29) is 17.3 Å². The van der Waals surface area contributed by atoms with Gasteiger partial charge >= 0.3 is 6.18 Å². The van der Waals surface area contributed by atoms with Crippen LogP contribution in [-0.2, 0) is 4.74 Å². The molecular formula is C11H10F3N3O4. The van der Waals surface area contributed by atoms with Crippen molar-refractivity contribution in [2.75, 3.05) is 12.4 Å². The lowest BCUT2D eigenvalue weighted by Crippen LogP contribution is -2.53. The minimum absolute atomic E-state index is 0.00220. The normalized spacial score (nSPS) is 21.7. The number of aliphatic imine (C=N–C) groups is 1. The number of anilines is 1. The fourth-order valence-electron chi connectivity index (χ4n) is 1.78. The Balaban J connectivity index is 2.57. The van der Waals surface area contributed by atoms with Crippen LogP contribution in [0.4, 0.5) is 30.2 Å². The molecule has 0 spiro atoms. The highest BCUT2D eigenvalue weighted by molar-refractivity contribution is 5.86. The van der Waals surface area contributed by atoms with Gasteiger partial charge < -0.3 is 15.2 Å². The van der Waals surface area contributed by atoms with Crippen molar-refractivity contribution in [1.29, 1.82) is 0 Å². The van der Waals surface area contributed by atoms with E-state index in [2.05, 4.69) is 4.99 Å². The summed E-state index contributed by atoms with van der Waals surface area (Å²) in [6.45, 7) is 0. The quantitative estimate of drug-likeness (QED) is 0.613. The van der Waals surface area contributed by atoms with Crippen LogP contribution < -0.4 is 5.32 Å². The first-order valence-corrected chi connectivity index (χ1v) is 5.63. The molecule has 0 radical (unpaired) electrons. The van der Waals surface area contributed by atoms with Gasteiger partial charge in [0.1, 0.15) is 0 Å². The predicted molar refractivity (Wildman–Crippen MR) is 66.4 cm³/mol. The van der Waals surface area contributed by atoms with Crippen LogP contribution in [0.25, 0.3) is 0 Å². The van der Waals surface area contributed by atoms with Crippen molar-refractivity contribution >= 4 is 23.0 Å². The van der Waals surface area contributed by atoms with Gasteiger partial charge in [0, 0.05) is 12.1 Å². The lowest BCUT2D eigenvalue weighted by atomic mass is 10.1. The molecule has 0 aliphatic carbocycles. The summed E-state index contributed by atoms with van der Waals surface area (Å²) in [4.78, 5) is 13.7. The number of rotatable bonds is 1. The van der Waals surface area contributed by atoms with Gasteiger partial charge in [-0.3, -0.25) is 10.1 Å². The molecule has 0 saturated heterocycles. The van der Waals surface area contributed by atoms with Crippen LogP contribution in [0.2, 0.25) is 0 Å². The molecule has 10 heteroatoms. The van der Waals surface area contributed by atoms with Gasteiger partial charge in [-0.15, -0.1) is 0 Å². The number of nitrogens with zero attached hydrogens (tertiary/aromatic N) is 2. The van der Waals surface area contributed by atoms with Crippen molar-refractivity contribution in [3.8, 4) is 0 Å². The average Bonchev–Trinajstić information content (AvgIpc) is 2.53. The number of non-ortho nitro benzene ring substituents is 1. The lowest BCUT2D eigenvalue weighted by Gasteiger charge is -2.30. The number of halogens is 3. The van der Waals surface area contributed by atoms with Crippen molar-refractivity contribution in [1.82, 2.24) is 0 Å². The summed E-state index contributed by atoms with van der Waals surface area (Å²) in [5.74, 6) is -0.352. The van der Waals surface area contributed by atoms with Crippen molar-refractivity contribution in [3.63, 3.8) is 0 Å². The second-order valence-electron chi connectivity index (χ2n) is 4.33. The van der Waals surface area contributed by atoms with E-state index >= 15 is 0 Å². The molecule has 1 unspecified atom stereocenters. The average molecular weight is 305 g/mol. The predicted octanol–water partition coefficient (Wildman–Crippen LogP) is 2.34. The zero-order valence-electron chi connectivity index (χ0n) is 10.6. The molecule has 1 aliphatic heterocycles. The number of methoxy groups -OCH3 is 1. The molecule has 0 saturated carbocycles. The maximum Gasteiger partial charge on any atom is 0.436 e. The number of nitrogens with one attached hydrogen (secondary N) is 1. The van der Waals surface area contributed by atoms with E-state index in [0.717, 1.165) is 19.2 Å². The molecule has 1 aromatic rings. The van der Waals surface area contributed by atoms with E-state index in [1.165, 1.54) is 6.07 Å². The van der Waals surface area contributed by atoms with Crippen LogP contribution in [-0.4, -0.2) is 34.9 Å². The van der Waals surface area contributed by atoms with E-state index < -0.39 is 28.9 Å². The molecule has 1 heterocycles. The van der Waals surface area contributed by atoms with Gasteiger partial charge in [0.15, 0.2) is 5.90 Å². The van der Waals surface area contributed by atoms with Gasteiger partial charge in [0.05, 0.1) is 29.8 Å². The second-order valence-corrected chi connectivity index (χ2v) is 4.33. The molecule has 2 N–H and O–H groups in total. The molecule has 0 aromatic heterocycles. The summed E-state index contributed by atoms with van der Waals surface area (Å²) in [5, 5.41) is 22.3. The van der Waals surface area contributed by atoms with Gasteiger partial charge in [-0.25, -0.2) is 4.99 Å². The Morgan fingerprint density at radius 1 is 1.52 bits per heavy atom. The Morgan fingerprint density at radius 3 is 2.71 bits per heavy atom. The number of fused-ring (bicyclic) bond motifs is 1. The molecule has 1 atom stereocenters. The van der Waals surface area contributed by atoms with Gasteiger partial charge in [-0.1, -0.05) is 0 Å². The Kier molecular flexibility index (Phi) is 3.49. The summed E-state index contributed by atoms with van der Waals surface area (Å²) in [6.07, 6.45) is -5.99. The standard InChI is InChI=1S/C11H10F3N3O4/c1-21-9-5-10(18,11(12,13)14)16-8-4-6(17(19)20)2-3-7(8)15-9/h2-4,16,18H,5H2,1H3. The number of aliphatic hydroxyl groups is 1. The lowest BCUT2D eigenvalue weighted by molar-refractivity contribution is -0.384. The van der Waals surface area contributed by atoms with Crippen molar-refractivity contribution in [2.24, 2.45) is 4.99 Å². The van der Waals surface area contributed by atoms with Crippen LogP contribution in [0.3, 0.4) is 0 Å². The fraction of sp³-hybridized carbons (Fsp3) is 0.364. The van der Waals surface area contributed by atoms with Crippen LogP contribution in [0.15, 0.2) is 23.2 Å². The fourth-order valence-corrected chi connectivity index (χ4v) is 1.78. The molecule has 21 heavy (non-hydrogen) atoms. The second kappa shape index (κ2) is 4.88. The smallest absolute Gasteiger partial charge is 0.436 e. The van der Waals surface area contributed by atoms with Crippen molar-refractivity contribution in [2.45, 2.75) is 18.3 Å². The Morgan fingerprint density at radius 2 is 2.19 bits per heavy atom. The molecule has 0 bridgehead atoms. The monoisotopic (exact) mass is 305 g/mol. The van der Waals surface area contributed by atoms with E-state index in [1.807, 2.05) is 5.32 Å². The summed E-state index contributed by atoms with van der Waals surface area (Å²) < 4.78 is 43.7. The third kappa shape index (κ3) is 2.75. The number of alkyl halides is 3.